The van der Waals surface area contributed by atoms with Crippen molar-refractivity contribution >= 4 is 17.2 Å². The Morgan fingerprint density at radius 1 is 1.29 bits per heavy atom. The van der Waals surface area contributed by atoms with Crippen LogP contribution in [0.5, 0.6) is 0 Å². The van der Waals surface area contributed by atoms with Gasteiger partial charge in [-0.05, 0) is 33.1 Å². The van der Waals surface area contributed by atoms with Gasteiger partial charge in [0.15, 0.2) is 0 Å². The molecular weight excluding hydrogens is 280 g/mol. The largest absolute Gasteiger partial charge is 0.335 e. The first-order valence-corrected chi connectivity index (χ1v) is 8.32. The highest BCUT2D eigenvalue weighted by Crippen LogP contribution is 2.30. The maximum atomic E-state index is 12.8. The van der Waals surface area contributed by atoms with Gasteiger partial charge in [-0.15, -0.1) is 11.3 Å². The van der Waals surface area contributed by atoms with Gasteiger partial charge < -0.3 is 4.90 Å². The Bertz CT molecular complexity index is 635. The lowest BCUT2D eigenvalue weighted by Gasteiger charge is -2.33. The zero-order chi connectivity index (χ0) is 14.8. The van der Waals surface area contributed by atoms with Crippen molar-refractivity contribution in [1.82, 2.24) is 9.88 Å². The molecule has 110 valence electrons. The Morgan fingerprint density at radius 3 is 2.76 bits per heavy atom. The molecule has 1 fully saturated rings. The number of hydrogen-bond acceptors (Lipinski definition) is 3. The normalized spacial score (nSPS) is 18.8. The smallest absolute Gasteiger partial charge is 0.266 e. The number of likely N-dealkylation sites (tertiary alicyclic amines) is 1. The van der Waals surface area contributed by atoms with E-state index < -0.39 is 0 Å². The average Bonchev–Trinajstić information content (AvgIpc) is 2.90. The van der Waals surface area contributed by atoms with Crippen LogP contribution in [0.1, 0.15) is 41.6 Å². The van der Waals surface area contributed by atoms with E-state index in [2.05, 4.69) is 11.9 Å². The third-order valence-electron chi connectivity index (χ3n) is 4.08. The predicted octanol–water partition coefficient (Wildman–Crippen LogP) is 4.13. The highest BCUT2D eigenvalue weighted by molar-refractivity contribution is 7.17. The molecule has 2 heterocycles. The number of benzene rings is 1. The van der Waals surface area contributed by atoms with E-state index in [1.54, 1.807) is 0 Å². The number of rotatable bonds is 2. The molecule has 2 aromatic rings. The third kappa shape index (κ3) is 2.86. The minimum Gasteiger partial charge on any atom is -0.335 e. The van der Waals surface area contributed by atoms with Crippen LogP contribution in [0.15, 0.2) is 30.3 Å². The van der Waals surface area contributed by atoms with Gasteiger partial charge in [0.05, 0.1) is 5.69 Å². The second-order valence-electron chi connectivity index (χ2n) is 5.64. The molecule has 0 N–H and O–H groups in total. The number of carbonyl (C=O) groups is 1. The van der Waals surface area contributed by atoms with Gasteiger partial charge in [0.1, 0.15) is 9.88 Å². The summed E-state index contributed by atoms with van der Waals surface area (Å²) in [5.74, 6) is 0.152. The molecule has 0 aliphatic carbocycles. The maximum Gasteiger partial charge on any atom is 0.266 e. The molecule has 1 aromatic heterocycles. The molecule has 3 rings (SSSR count). The Kier molecular flexibility index (Phi) is 4.06. The van der Waals surface area contributed by atoms with Crippen LogP contribution in [-0.2, 0) is 0 Å². The van der Waals surface area contributed by atoms with E-state index in [1.807, 2.05) is 42.2 Å². The van der Waals surface area contributed by atoms with Crippen molar-refractivity contribution in [2.45, 2.75) is 39.2 Å². The van der Waals surface area contributed by atoms with Gasteiger partial charge in [-0.1, -0.05) is 30.3 Å². The first kappa shape index (κ1) is 14.3. The van der Waals surface area contributed by atoms with Crippen LogP contribution in [0.3, 0.4) is 0 Å². The number of hydrogen-bond donors (Lipinski definition) is 0. The number of piperidine rings is 1. The molecule has 0 saturated carbocycles. The van der Waals surface area contributed by atoms with Gasteiger partial charge >= 0.3 is 0 Å². The topological polar surface area (TPSA) is 33.2 Å². The monoisotopic (exact) mass is 300 g/mol. The van der Waals surface area contributed by atoms with Gasteiger partial charge in [-0.25, -0.2) is 4.98 Å². The number of aromatic nitrogens is 1. The Morgan fingerprint density at radius 2 is 2.05 bits per heavy atom. The van der Waals surface area contributed by atoms with Crippen molar-refractivity contribution in [3.8, 4) is 10.6 Å². The van der Waals surface area contributed by atoms with Crippen LogP contribution in [0.2, 0.25) is 0 Å². The summed E-state index contributed by atoms with van der Waals surface area (Å²) in [6.07, 6.45) is 3.44. The van der Waals surface area contributed by atoms with Gasteiger partial charge in [0.25, 0.3) is 5.91 Å². The van der Waals surface area contributed by atoms with E-state index in [-0.39, 0.29) is 5.91 Å². The van der Waals surface area contributed by atoms with Crippen molar-refractivity contribution in [1.29, 1.82) is 0 Å². The Labute approximate surface area is 129 Å². The number of nitrogens with zero attached hydrogens (tertiary/aromatic N) is 2. The highest BCUT2D eigenvalue weighted by atomic mass is 32.1. The fraction of sp³-hybridized carbons (Fsp3) is 0.412. The van der Waals surface area contributed by atoms with Crippen LogP contribution in [0.4, 0.5) is 0 Å². The van der Waals surface area contributed by atoms with E-state index in [0.29, 0.717) is 6.04 Å². The molecule has 0 spiro atoms. The molecule has 1 aromatic carbocycles. The molecule has 21 heavy (non-hydrogen) atoms. The molecular formula is C17H20N2OS. The Balaban J connectivity index is 1.89. The standard InChI is InChI=1S/C17H20N2OS/c1-12-8-6-7-11-19(12)17(20)15-13(2)18-16(21-15)14-9-4-3-5-10-14/h3-5,9-10,12H,6-8,11H2,1-2H3. The minimum absolute atomic E-state index is 0.152. The number of thiazole rings is 1. The molecule has 1 saturated heterocycles. The summed E-state index contributed by atoms with van der Waals surface area (Å²) in [6.45, 7) is 4.95. The zero-order valence-electron chi connectivity index (χ0n) is 12.5. The second-order valence-corrected chi connectivity index (χ2v) is 6.64. The van der Waals surface area contributed by atoms with Crippen LogP contribution in [0.25, 0.3) is 10.6 Å². The van der Waals surface area contributed by atoms with Crippen molar-refractivity contribution in [2.24, 2.45) is 0 Å². The molecule has 1 amide bonds. The molecule has 1 unspecified atom stereocenters. The van der Waals surface area contributed by atoms with Crippen molar-refractivity contribution in [3.63, 3.8) is 0 Å². The van der Waals surface area contributed by atoms with Crippen LogP contribution < -0.4 is 0 Å². The lowest BCUT2D eigenvalue weighted by molar-refractivity contribution is 0.0639. The lowest BCUT2D eigenvalue weighted by Crippen LogP contribution is -2.41. The van der Waals surface area contributed by atoms with E-state index in [1.165, 1.54) is 17.8 Å². The van der Waals surface area contributed by atoms with E-state index in [0.717, 1.165) is 40.5 Å². The second kappa shape index (κ2) is 5.98. The first-order valence-electron chi connectivity index (χ1n) is 7.50. The fourth-order valence-corrected chi connectivity index (χ4v) is 3.86. The van der Waals surface area contributed by atoms with Gasteiger partial charge in [0, 0.05) is 18.2 Å². The van der Waals surface area contributed by atoms with E-state index >= 15 is 0 Å². The third-order valence-corrected chi connectivity index (χ3v) is 5.27. The molecule has 0 radical (unpaired) electrons. The summed E-state index contributed by atoms with van der Waals surface area (Å²) < 4.78 is 0. The number of aryl methyl sites for hydroxylation is 1. The molecule has 1 aliphatic rings. The molecule has 4 heteroatoms. The molecule has 1 aliphatic heterocycles. The highest BCUT2D eigenvalue weighted by Gasteiger charge is 2.27. The molecule has 3 nitrogen and oxygen atoms in total. The summed E-state index contributed by atoms with van der Waals surface area (Å²) in [5, 5.41) is 0.932. The predicted molar refractivity (Wildman–Crippen MR) is 86.6 cm³/mol. The van der Waals surface area contributed by atoms with Crippen molar-refractivity contribution in [2.75, 3.05) is 6.54 Å². The van der Waals surface area contributed by atoms with E-state index in [9.17, 15) is 4.79 Å². The molecule has 1 atom stereocenters. The first-order chi connectivity index (χ1) is 10.2. The summed E-state index contributed by atoms with van der Waals surface area (Å²) in [5.41, 5.74) is 1.93. The molecule has 0 bridgehead atoms. The summed E-state index contributed by atoms with van der Waals surface area (Å²) in [6, 6.07) is 10.4. The van der Waals surface area contributed by atoms with Crippen molar-refractivity contribution in [3.05, 3.63) is 40.9 Å². The Hall–Kier alpha value is -1.68. The number of amides is 1. The van der Waals surface area contributed by atoms with Crippen LogP contribution in [-0.4, -0.2) is 28.4 Å². The minimum atomic E-state index is 0.152. The van der Waals surface area contributed by atoms with Gasteiger partial charge in [0.2, 0.25) is 0 Å². The van der Waals surface area contributed by atoms with Gasteiger partial charge in [-0.2, -0.15) is 0 Å². The zero-order valence-corrected chi connectivity index (χ0v) is 13.3. The fourth-order valence-electron chi connectivity index (χ4n) is 2.83. The van der Waals surface area contributed by atoms with Gasteiger partial charge in [-0.3, -0.25) is 4.79 Å². The SMILES string of the molecule is Cc1nc(-c2ccccc2)sc1C(=O)N1CCCCC1C. The van der Waals surface area contributed by atoms with E-state index in [4.69, 9.17) is 0 Å². The summed E-state index contributed by atoms with van der Waals surface area (Å²) >= 11 is 1.51. The van der Waals surface area contributed by atoms with Crippen LogP contribution in [0, 0.1) is 6.92 Å². The lowest BCUT2D eigenvalue weighted by atomic mass is 10.0. The van der Waals surface area contributed by atoms with Crippen LogP contribution >= 0.6 is 11.3 Å². The summed E-state index contributed by atoms with van der Waals surface area (Å²) in [7, 11) is 0. The average molecular weight is 300 g/mol. The van der Waals surface area contributed by atoms with Crippen molar-refractivity contribution < 1.29 is 4.79 Å². The quantitative estimate of drug-likeness (QED) is 0.835. The summed E-state index contributed by atoms with van der Waals surface area (Å²) in [4.78, 5) is 20.2. The number of carbonyl (C=O) groups excluding carboxylic acids is 1. The maximum absolute atomic E-state index is 12.8.